The summed E-state index contributed by atoms with van der Waals surface area (Å²) in [5, 5.41) is 3.58. The Hall–Kier alpha value is -2.60. The first-order valence-electron chi connectivity index (χ1n) is 8.15. The van der Waals surface area contributed by atoms with Gasteiger partial charge in [-0.2, -0.15) is 0 Å². The molecule has 0 aliphatic carbocycles. The van der Waals surface area contributed by atoms with Crippen molar-refractivity contribution in [1.29, 1.82) is 0 Å². The Bertz CT molecular complexity index is 945. The van der Waals surface area contributed by atoms with Crippen molar-refractivity contribution < 1.29 is 9.53 Å². The van der Waals surface area contributed by atoms with Gasteiger partial charge < -0.3 is 10.1 Å². The van der Waals surface area contributed by atoms with Crippen molar-refractivity contribution in [3.05, 3.63) is 64.4 Å². The molecule has 3 rings (SSSR count). The fourth-order valence-electron chi connectivity index (χ4n) is 2.74. The quantitative estimate of drug-likeness (QED) is 0.737. The van der Waals surface area contributed by atoms with Crippen LogP contribution in [0.3, 0.4) is 0 Å². The fourth-order valence-corrected chi connectivity index (χ4v) is 3.90. The number of fused-ring (bicyclic) bond motifs is 1. The molecule has 0 aliphatic rings. The number of rotatable bonds is 6. The molecular formula is C19H20N2O3S. The maximum absolute atomic E-state index is 12.6. The second kappa shape index (κ2) is 7.53. The van der Waals surface area contributed by atoms with E-state index in [1.807, 2.05) is 49.4 Å². The highest BCUT2D eigenvalue weighted by Crippen LogP contribution is 2.21. The number of carbonyl (C=O) groups is 1. The van der Waals surface area contributed by atoms with Gasteiger partial charge >= 0.3 is 0 Å². The van der Waals surface area contributed by atoms with Crippen molar-refractivity contribution in [1.82, 2.24) is 9.27 Å². The number of hydrogen-bond donors (Lipinski definition) is 1. The van der Waals surface area contributed by atoms with E-state index in [-0.39, 0.29) is 11.5 Å². The zero-order chi connectivity index (χ0) is 17.8. The number of benzene rings is 2. The third-order valence-electron chi connectivity index (χ3n) is 4.09. The smallest absolute Gasteiger partial charge is 0.269 e. The SMILES string of the molecule is CCC(C(=O)NCc1cccc(OC)c1)n1sc2ccccc2c1=O. The molecule has 0 bridgehead atoms. The van der Waals surface area contributed by atoms with Crippen LogP contribution in [0.25, 0.3) is 10.1 Å². The van der Waals surface area contributed by atoms with Gasteiger partial charge in [0.25, 0.3) is 5.56 Å². The van der Waals surface area contributed by atoms with E-state index in [4.69, 9.17) is 4.74 Å². The van der Waals surface area contributed by atoms with Crippen molar-refractivity contribution >= 4 is 27.5 Å². The topological polar surface area (TPSA) is 60.3 Å². The van der Waals surface area contributed by atoms with Crippen molar-refractivity contribution in [3.63, 3.8) is 0 Å². The van der Waals surface area contributed by atoms with Crippen LogP contribution in [0.4, 0.5) is 0 Å². The molecule has 6 heteroatoms. The Kier molecular flexibility index (Phi) is 5.19. The summed E-state index contributed by atoms with van der Waals surface area (Å²) in [6.07, 6.45) is 0.552. The summed E-state index contributed by atoms with van der Waals surface area (Å²) < 4.78 is 7.66. The van der Waals surface area contributed by atoms with Gasteiger partial charge in [-0.3, -0.25) is 13.5 Å². The van der Waals surface area contributed by atoms with Crippen LogP contribution < -0.4 is 15.6 Å². The molecular weight excluding hydrogens is 336 g/mol. The van der Waals surface area contributed by atoms with Crippen LogP contribution >= 0.6 is 11.5 Å². The molecule has 0 fully saturated rings. The van der Waals surface area contributed by atoms with Crippen LogP contribution in [0.5, 0.6) is 5.75 Å². The molecule has 1 atom stereocenters. The number of nitrogens with one attached hydrogen (secondary N) is 1. The van der Waals surface area contributed by atoms with Crippen molar-refractivity contribution in [2.45, 2.75) is 25.9 Å². The lowest BCUT2D eigenvalue weighted by molar-refractivity contribution is -0.124. The van der Waals surface area contributed by atoms with Crippen LogP contribution in [-0.2, 0) is 11.3 Å². The Morgan fingerprint density at radius 1 is 1.24 bits per heavy atom. The average Bonchev–Trinajstić information content (AvgIpc) is 2.98. The minimum Gasteiger partial charge on any atom is -0.497 e. The molecule has 2 aromatic carbocycles. The minimum atomic E-state index is -0.504. The highest BCUT2D eigenvalue weighted by atomic mass is 32.1. The van der Waals surface area contributed by atoms with Gasteiger partial charge in [-0.15, -0.1) is 0 Å². The van der Waals surface area contributed by atoms with Gasteiger partial charge in [-0.05, 0) is 36.2 Å². The normalized spacial score (nSPS) is 12.1. The first-order valence-corrected chi connectivity index (χ1v) is 8.92. The molecule has 1 N–H and O–H groups in total. The summed E-state index contributed by atoms with van der Waals surface area (Å²) in [6.45, 7) is 2.30. The highest BCUT2D eigenvalue weighted by molar-refractivity contribution is 7.14. The van der Waals surface area contributed by atoms with Gasteiger partial charge in [0.05, 0.1) is 17.2 Å². The molecule has 1 aromatic heterocycles. The summed E-state index contributed by atoms with van der Waals surface area (Å²) >= 11 is 1.34. The van der Waals surface area contributed by atoms with Crippen molar-refractivity contribution in [2.75, 3.05) is 7.11 Å². The first-order chi connectivity index (χ1) is 12.1. The van der Waals surface area contributed by atoms with Gasteiger partial charge in [-0.1, -0.05) is 42.7 Å². The summed E-state index contributed by atoms with van der Waals surface area (Å²) in [5.74, 6) is 0.596. The number of carbonyl (C=O) groups excluding carboxylic acids is 1. The number of ether oxygens (including phenoxy) is 1. The lowest BCUT2D eigenvalue weighted by Gasteiger charge is -2.15. The molecule has 1 unspecified atom stereocenters. The molecule has 0 saturated carbocycles. The third kappa shape index (κ3) is 3.58. The molecule has 130 valence electrons. The van der Waals surface area contributed by atoms with Gasteiger partial charge in [0.15, 0.2) is 0 Å². The van der Waals surface area contributed by atoms with E-state index < -0.39 is 6.04 Å². The van der Waals surface area contributed by atoms with Crippen LogP contribution in [0.2, 0.25) is 0 Å². The number of hydrogen-bond acceptors (Lipinski definition) is 4. The van der Waals surface area contributed by atoms with Gasteiger partial charge in [0.2, 0.25) is 5.91 Å². The second-order valence-corrected chi connectivity index (χ2v) is 6.73. The van der Waals surface area contributed by atoms with E-state index in [0.29, 0.717) is 18.4 Å². The van der Waals surface area contributed by atoms with E-state index in [2.05, 4.69) is 5.32 Å². The van der Waals surface area contributed by atoms with Gasteiger partial charge in [0.1, 0.15) is 11.8 Å². The number of methoxy groups -OCH3 is 1. The molecule has 0 spiro atoms. The van der Waals surface area contributed by atoms with Crippen LogP contribution in [0.15, 0.2) is 53.3 Å². The molecule has 0 saturated heterocycles. The molecule has 0 aliphatic heterocycles. The zero-order valence-corrected chi connectivity index (χ0v) is 15.0. The van der Waals surface area contributed by atoms with Crippen LogP contribution in [0.1, 0.15) is 24.9 Å². The largest absolute Gasteiger partial charge is 0.497 e. The average molecular weight is 356 g/mol. The molecule has 3 aromatic rings. The summed E-state index contributed by atoms with van der Waals surface area (Å²) in [7, 11) is 1.61. The number of nitrogens with zero attached hydrogens (tertiary/aromatic N) is 1. The summed E-state index contributed by atoms with van der Waals surface area (Å²) in [4.78, 5) is 25.2. The summed E-state index contributed by atoms with van der Waals surface area (Å²) in [6, 6.07) is 14.5. The van der Waals surface area contributed by atoms with E-state index in [9.17, 15) is 9.59 Å². The third-order valence-corrected chi connectivity index (χ3v) is 5.26. The molecule has 0 radical (unpaired) electrons. The minimum absolute atomic E-state index is 0.107. The predicted octanol–water partition coefficient (Wildman–Crippen LogP) is 3.34. The monoisotopic (exact) mass is 356 g/mol. The lowest BCUT2D eigenvalue weighted by atomic mass is 10.2. The van der Waals surface area contributed by atoms with Crippen LogP contribution in [0, 0.1) is 0 Å². The Balaban J connectivity index is 1.78. The standard InChI is InChI=1S/C19H20N2O3S/c1-3-16(21-19(23)15-9-4-5-10-17(15)25-21)18(22)20-12-13-7-6-8-14(11-13)24-2/h4-11,16H,3,12H2,1-2H3,(H,20,22). The van der Waals surface area contributed by atoms with E-state index in [1.165, 1.54) is 11.5 Å². The molecule has 1 amide bonds. The van der Waals surface area contributed by atoms with E-state index in [1.54, 1.807) is 17.1 Å². The molecule has 25 heavy (non-hydrogen) atoms. The Morgan fingerprint density at radius 2 is 2.04 bits per heavy atom. The van der Waals surface area contributed by atoms with E-state index in [0.717, 1.165) is 16.0 Å². The molecule has 5 nitrogen and oxygen atoms in total. The van der Waals surface area contributed by atoms with E-state index >= 15 is 0 Å². The predicted molar refractivity (Wildman–Crippen MR) is 100 cm³/mol. The zero-order valence-electron chi connectivity index (χ0n) is 14.2. The van der Waals surface area contributed by atoms with Gasteiger partial charge in [0, 0.05) is 6.54 Å². The Morgan fingerprint density at radius 3 is 2.76 bits per heavy atom. The highest BCUT2D eigenvalue weighted by Gasteiger charge is 2.22. The first kappa shape index (κ1) is 17.2. The maximum Gasteiger partial charge on any atom is 0.269 e. The van der Waals surface area contributed by atoms with Crippen LogP contribution in [-0.4, -0.2) is 17.0 Å². The second-order valence-electron chi connectivity index (χ2n) is 5.71. The number of amides is 1. The van der Waals surface area contributed by atoms with Gasteiger partial charge in [-0.25, -0.2) is 0 Å². The van der Waals surface area contributed by atoms with Crippen molar-refractivity contribution in [3.8, 4) is 5.75 Å². The number of aromatic nitrogens is 1. The molecule has 1 heterocycles. The maximum atomic E-state index is 12.6. The fraction of sp³-hybridized carbons (Fsp3) is 0.263. The lowest BCUT2D eigenvalue weighted by Crippen LogP contribution is -2.34. The Labute approximate surface area is 150 Å². The van der Waals surface area contributed by atoms with Crippen molar-refractivity contribution in [2.24, 2.45) is 0 Å². The summed E-state index contributed by atoms with van der Waals surface area (Å²) in [5.41, 5.74) is 0.843.